The number of nitro groups is 1. The molecule has 1 aliphatic carbocycles. The lowest BCUT2D eigenvalue weighted by molar-refractivity contribution is -0.384. The molecule has 1 aromatic carbocycles. The number of carbonyl (C=O) groups is 2. The Labute approximate surface area is 119 Å². The SMILES string of the molecule is O=C1Cc2cc([N+](=O)[O-])c(NCC3(C(=O)O)CC3)cc2N1. The van der Waals surface area contributed by atoms with Gasteiger partial charge in [-0.25, -0.2) is 0 Å². The van der Waals surface area contributed by atoms with E-state index >= 15 is 0 Å². The summed E-state index contributed by atoms with van der Waals surface area (Å²) in [5.74, 6) is -1.10. The summed E-state index contributed by atoms with van der Waals surface area (Å²) in [6, 6.07) is 2.85. The minimum Gasteiger partial charge on any atom is -0.481 e. The van der Waals surface area contributed by atoms with Crippen molar-refractivity contribution in [1.82, 2.24) is 0 Å². The number of nitrogens with zero attached hydrogens (tertiary/aromatic N) is 1. The van der Waals surface area contributed by atoms with Gasteiger partial charge in [-0.05, 0) is 24.5 Å². The molecule has 0 radical (unpaired) electrons. The molecule has 1 amide bonds. The van der Waals surface area contributed by atoms with Crippen LogP contribution in [0.4, 0.5) is 17.1 Å². The van der Waals surface area contributed by atoms with E-state index in [1.54, 1.807) is 0 Å². The fraction of sp³-hybridized carbons (Fsp3) is 0.385. The number of rotatable bonds is 5. The number of amides is 1. The zero-order chi connectivity index (χ0) is 15.2. The van der Waals surface area contributed by atoms with Crippen LogP contribution in [0, 0.1) is 15.5 Å². The molecular weight excluding hydrogens is 278 g/mol. The lowest BCUT2D eigenvalue weighted by Crippen LogP contribution is -2.24. The molecule has 1 aromatic rings. The predicted molar refractivity (Wildman–Crippen MR) is 73.2 cm³/mol. The Hall–Kier alpha value is -2.64. The van der Waals surface area contributed by atoms with Crippen molar-refractivity contribution in [2.45, 2.75) is 19.3 Å². The van der Waals surface area contributed by atoms with Gasteiger partial charge in [-0.1, -0.05) is 0 Å². The van der Waals surface area contributed by atoms with E-state index in [2.05, 4.69) is 10.6 Å². The highest BCUT2D eigenvalue weighted by Gasteiger charge is 2.50. The summed E-state index contributed by atoms with van der Waals surface area (Å²) in [5, 5.41) is 25.7. The first-order valence-electron chi connectivity index (χ1n) is 6.50. The number of carbonyl (C=O) groups excluding carboxylic acids is 1. The van der Waals surface area contributed by atoms with E-state index < -0.39 is 16.3 Å². The van der Waals surface area contributed by atoms with Crippen molar-refractivity contribution in [3.63, 3.8) is 0 Å². The number of aliphatic carboxylic acids is 1. The van der Waals surface area contributed by atoms with Gasteiger partial charge in [0.15, 0.2) is 0 Å². The van der Waals surface area contributed by atoms with Gasteiger partial charge < -0.3 is 15.7 Å². The van der Waals surface area contributed by atoms with E-state index in [4.69, 9.17) is 5.11 Å². The quantitative estimate of drug-likeness (QED) is 0.556. The van der Waals surface area contributed by atoms with Crippen molar-refractivity contribution in [2.24, 2.45) is 5.41 Å². The summed E-state index contributed by atoms with van der Waals surface area (Å²) in [5.41, 5.74) is 0.376. The van der Waals surface area contributed by atoms with Crippen LogP contribution in [-0.2, 0) is 16.0 Å². The standard InChI is InChI=1S/C13H13N3O5/c17-11-4-7-3-10(16(20)21)9(5-8(7)15-11)14-6-13(1-2-13)12(18)19/h3,5,14H,1-2,4,6H2,(H,15,17)(H,18,19). The van der Waals surface area contributed by atoms with Crippen LogP contribution < -0.4 is 10.6 Å². The van der Waals surface area contributed by atoms with Gasteiger partial charge in [-0.2, -0.15) is 0 Å². The average molecular weight is 291 g/mol. The molecule has 1 aliphatic heterocycles. The zero-order valence-electron chi connectivity index (χ0n) is 11.0. The van der Waals surface area contributed by atoms with Crippen molar-refractivity contribution in [2.75, 3.05) is 17.2 Å². The maximum absolute atomic E-state index is 11.3. The summed E-state index contributed by atoms with van der Waals surface area (Å²) in [4.78, 5) is 33.0. The molecule has 3 rings (SSSR count). The lowest BCUT2D eigenvalue weighted by Gasteiger charge is -2.13. The third-order valence-electron chi connectivity index (χ3n) is 3.97. The van der Waals surface area contributed by atoms with E-state index in [-0.39, 0.29) is 30.2 Å². The predicted octanol–water partition coefficient (Wildman–Crippen LogP) is 1.37. The molecule has 2 aliphatic rings. The van der Waals surface area contributed by atoms with Crippen LogP contribution in [-0.4, -0.2) is 28.5 Å². The van der Waals surface area contributed by atoms with Crippen molar-refractivity contribution in [1.29, 1.82) is 0 Å². The van der Waals surface area contributed by atoms with Crippen molar-refractivity contribution in [3.05, 3.63) is 27.8 Å². The minimum absolute atomic E-state index is 0.121. The van der Waals surface area contributed by atoms with E-state index in [0.717, 1.165) is 0 Å². The number of benzene rings is 1. The van der Waals surface area contributed by atoms with E-state index in [0.29, 0.717) is 24.1 Å². The first kappa shape index (κ1) is 13.3. The fourth-order valence-electron chi connectivity index (χ4n) is 2.44. The summed E-state index contributed by atoms with van der Waals surface area (Å²) >= 11 is 0. The molecule has 0 atom stereocenters. The van der Waals surface area contributed by atoms with E-state index in [1.165, 1.54) is 12.1 Å². The Morgan fingerprint density at radius 1 is 1.48 bits per heavy atom. The molecule has 0 unspecified atom stereocenters. The van der Waals surface area contributed by atoms with Crippen molar-refractivity contribution >= 4 is 28.9 Å². The second-order valence-corrected chi connectivity index (χ2v) is 5.45. The van der Waals surface area contributed by atoms with Gasteiger partial charge in [0.1, 0.15) is 5.69 Å². The highest BCUT2D eigenvalue weighted by Crippen LogP contribution is 2.46. The second kappa shape index (κ2) is 4.44. The summed E-state index contributed by atoms with van der Waals surface area (Å²) in [6.45, 7) is 0.135. The van der Waals surface area contributed by atoms with Crippen LogP contribution in [0.1, 0.15) is 18.4 Å². The Morgan fingerprint density at radius 2 is 2.19 bits per heavy atom. The van der Waals surface area contributed by atoms with Gasteiger partial charge in [-0.15, -0.1) is 0 Å². The smallest absolute Gasteiger partial charge is 0.311 e. The highest BCUT2D eigenvalue weighted by atomic mass is 16.6. The summed E-state index contributed by atoms with van der Waals surface area (Å²) in [6.07, 6.45) is 1.24. The molecule has 0 aromatic heterocycles. The first-order chi connectivity index (χ1) is 9.91. The molecule has 0 saturated heterocycles. The zero-order valence-corrected chi connectivity index (χ0v) is 11.0. The van der Waals surface area contributed by atoms with Gasteiger partial charge in [-0.3, -0.25) is 19.7 Å². The fourth-order valence-corrected chi connectivity index (χ4v) is 2.44. The number of carboxylic acid groups (broad SMARTS) is 1. The number of hydrogen-bond donors (Lipinski definition) is 3. The number of carboxylic acids is 1. The van der Waals surface area contributed by atoms with Crippen molar-refractivity contribution < 1.29 is 19.6 Å². The van der Waals surface area contributed by atoms with Crippen LogP contribution in [0.2, 0.25) is 0 Å². The minimum atomic E-state index is -0.896. The third kappa shape index (κ3) is 2.28. The van der Waals surface area contributed by atoms with Gasteiger partial charge >= 0.3 is 5.97 Å². The maximum Gasteiger partial charge on any atom is 0.311 e. The van der Waals surface area contributed by atoms with Crippen LogP contribution in [0.15, 0.2) is 12.1 Å². The Morgan fingerprint density at radius 3 is 2.76 bits per heavy atom. The monoisotopic (exact) mass is 291 g/mol. The average Bonchev–Trinajstić information content (AvgIpc) is 3.11. The van der Waals surface area contributed by atoms with Crippen LogP contribution in [0.25, 0.3) is 0 Å². The third-order valence-corrected chi connectivity index (χ3v) is 3.97. The lowest BCUT2D eigenvalue weighted by atomic mass is 10.1. The first-order valence-corrected chi connectivity index (χ1v) is 6.50. The molecule has 1 heterocycles. The van der Waals surface area contributed by atoms with Gasteiger partial charge in [0.25, 0.3) is 5.69 Å². The number of anilines is 2. The van der Waals surface area contributed by atoms with Crippen LogP contribution >= 0.6 is 0 Å². The maximum atomic E-state index is 11.3. The Bertz CT molecular complexity index is 666. The largest absolute Gasteiger partial charge is 0.481 e. The molecule has 0 bridgehead atoms. The highest BCUT2D eigenvalue weighted by molar-refractivity contribution is 6.00. The molecule has 8 heteroatoms. The Kier molecular flexibility index (Phi) is 2.82. The van der Waals surface area contributed by atoms with E-state index in [1.807, 2.05) is 0 Å². The molecule has 110 valence electrons. The molecule has 1 fully saturated rings. The van der Waals surface area contributed by atoms with Gasteiger partial charge in [0.05, 0.1) is 16.8 Å². The normalized spacial score (nSPS) is 17.8. The number of nitro benzene ring substituents is 1. The number of nitrogens with one attached hydrogen (secondary N) is 2. The Balaban J connectivity index is 1.87. The molecule has 1 saturated carbocycles. The van der Waals surface area contributed by atoms with E-state index in [9.17, 15) is 19.7 Å². The molecule has 3 N–H and O–H groups in total. The molecular formula is C13H13N3O5. The molecule has 0 spiro atoms. The van der Waals surface area contributed by atoms with Crippen LogP contribution in [0.5, 0.6) is 0 Å². The van der Waals surface area contributed by atoms with Gasteiger partial charge in [0, 0.05) is 18.3 Å². The van der Waals surface area contributed by atoms with Crippen LogP contribution in [0.3, 0.4) is 0 Å². The number of fused-ring (bicyclic) bond motifs is 1. The van der Waals surface area contributed by atoms with Gasteiger partial charge in [0.2, 0.25) is 5.91 Å². The number of hydrogen-bond acceptors (Lipinski definition) is 5. The topological polar surface area (TPSA) is 122 Å². The summed E-state index contributed by atoms with van der Waals surface area (Å²) < 4.78 is 0. The molecule has 8 nitrogen and oxygen atoms in total. The van der Waals surface area contributed by atoms with Crippen molar-refractivity contribution in [3.8, 4) is 0 Å². The second-order valence-electron chi connectivity index (χ2n) is 5.45. The summed E-state index contributed by atoms with van der Waals surface area (Å²) in [7, 11) is 0. The molecule has 21 heavy (non-hydrogen) atoms.